The molecular weight excluding hydrogens is 142 g/mol. The minimum Gasteiger partial charge on any atom is -0.397 e. The van der Waals surface area contributed by atoms with Gasteiger partial charge in [-0.1, -0.05) is 0 Å². The number of hydrogen-bond acceptors (Lipinski definition) is 4. The third kappa shape index (κ3) is 1.86. The van der Waals surface area contributed by atoms with Crippen LogP contribution in [0.2, 0.25) is 0 Å². The predicted molar refractivity (Wildman–Crippen MR) is 40.3 cm³/mol. The summed E-state index contributed by atoms with van der Waals surface area (Å²) in [5.41, 5.74) is 6.27. The van der Waals surface area contributed by atoms with E-state index >= 15 is 0 Å². The Morgan fingerprint density at radius 1 is 1.55 bits per heavy atom. The quantitative estimate of drug-likeness (QED) is 0.473. The second kappa shape index (κ2) is 3.46. The molecule has 0 amide bonds. The number of aldehydes is 1. The Hall–Kier alpha value is -1.71. The van der Waals surface area contributed by atoms with Crippen molar-refractivity contribution in [2.24, 2.45) is 5.73 Å². The van der Waals surface area contributed by atoms with E-state index in [4.69, 9.17) is 5.73 Å². The normalized spacial score (nSPS) is 11.1. The molecule has 0 radical (unpaired) electrons. The van der Waals surface area contributed by atoms with E-state index in [2.05, 4.69) is 9.97 Å². The molecular formula is C7H7N3O. The third-order valence-electron chi connectivity index (χ3n) is 1.11. The first-order valence-electron chi connectivity index (χ1n) is 3.02. The Balaban J connectivity index is 2.94. The van der Waals surface area contributed by atoms with Gasteiger partial charge in [0.15, 0.2) is 0 Å². The van der Waals surface area contributed by atoms with Crippen molar-refractivity contribution in [3.8, 4) is 0 Å². The number of carbonyl (C=O) groups is 1. The summed E-state index contributed by atoms with van der Waals surface area (Å²) in [7, 11) is 0. The standard InChI is InChI=1S/C7H7N3O/c8-6(1-4-11)7-5-9-2-3-10-7/h1-5H,8H2/b6-1-. The summed E-state index contributed by atoms with van der Waals surface area (Å²) in [6.45, 7) is 0. The van der Waals surface area contributed by atoms with E-state index in [1.54, 1.807) is 0 Å². The lowest BCUT2D eigenvalue weighted by Gasteiger charge is -1.95. The summed E-state index contributed by atoms with van der Waals surface area (Å²) in [4.78, 5) is 17.7. The first-order valence-corrected chi connectivity index (χ1v) is 3.02. The minimum atomic E-state index is 0.327. The van der Waals surface area contributed by atoms with Crippen LogP contribution in [-0.4, -0.2) is 16.3 Å². The van der Waals surface area contributed by atoms with Crippen LogP contribution >= 0.6 is 0 Å². The van der Waals surface area contributed by atoms with Gasteiger partial charge in [0.1, 0.15) is 12.0 Å². The van der Waals surface area contributed by atoms with Crippen LogP contribution in [0.4, 0.5) is 0 Å². The van der Waals surface area contributed by atoms with Gasteiger partial charge in [-0.2, -0.15) is 0 Å². The fourth-order valence-corrected chi connectivity index (χ4v) is 0.607. The van der Waals surface area contributed by atoms with E-state index in [0.717, 1.165) is 0 Å². The molecule has 1 rings (SSSR count). The molecule has 0 spiro atoms. The zero-order valence-corrected chi connectivity index (χ0v) is 5.77. The maximum absolute atomic E-state index is 9.98. The summed E-state index contributed by atoms with van der Waals surface area (Å²) in [6, 6.07) is 0. The molecule has 56 valence electrons. The number of carbonyl (C=O) groups excluding carboxylic acids is 1. The van der Waals surface area contributed by atoms with Crippen molar-refractivity contribution in [1.82, 2.24) is 9.97 Å². The number of aromatic nitrogens is 2. The third-order valence-corrected chi connectivity index (χ3v) is 1.11. The van der Waals surface area contributed by atoms with E-state index in [-0.39, 0.29) is 0 Å². The molecule has 0 atom stereocenters. The average molecular weight is 149 g/mol. The Bertz CT molecular complexity index is 268. The molecule has 0 aliphatic carbocycles. The van der Waals surface area contributed by atoms with Crippen molar-refractivity contribution in [2.45, 2.75) is 0 Å². The molecule has 0 bridgehead atoms. The van der Waals surface area contributed by atoms with Gasteiger partial charge in [0.05, 0.1) is 11.9 Å². The number of nitrogens with two attached hydrogens (primary N) is 1. The zero-order valence-electron chi connectivity index (χ0n) is 5.77. The molecule has 1 aromatic rings. The van der Waals surface area contributed by atoms with Crippen LogP contribution in [-0.2, 0) is 4.79 Å². The number of hydrogen-bond donors (Lipinski definition) is 1. The van der Waals surface area contributed by atoms with Gasteiger partial charge >= 0.3 is 0 Å². The highest BCUT2D eigenvalue weighted by Gasteiger charge is 1.94. The van der Waals surface area contributed by atoms with Gasteiger partial charge in [0.2, 0.25) is 0 Å². The van der Waals surface area contributed by atoms with Crippen LogP contribution in [0.1, 0.15) is 5.69 Å². The lowest BCUT2D eigenvalue weighted by atomic mass is 10.3. The zero-order chi connectivity index (χ0) is 8.10. The lowest BCUT2D eigenvalue weighted by molar-refractivity contribution is -0.104. The maximum Gasteiger partial charge on any atom is 0.144 e. The summed E-state index contributed by atoms with van der Waals surface area (Å²) < 4.78 is 0. The summed E-state index contributed by atoms with van der Waals surface area (Å²) in [6.07, 6.45) is 6.40. The molecule has 0 saturated carbocycles. The molecule has 1 aromatic heterocycles. The Labute approximate surface area is 63.8 Å². The number of allylic oxidation sites excluding steroid dienone is 1. The van der Waals surface area contributed by atoms with Crippen molar-refractivity contribution < 1.29 is 4.79 Å². The van der Waals surface area contributed by atoms with Crippen molar-refractivity contribution in [1.29, 1.82) is 0 Å². The van der Waals surface area contributed by atoms with E-state index in [9.17, 15) is 4.79 Å². The molecule has 2 N–H and O–H groups in total. The topological polar surface area (TPSA) is 68.9 Å². The monoisotopic (exact) mass is 149 g/mol. The van der Waals surface area contributed by atoms with Crippen molar-refractivity contribution >= 4 is 12.0 Å². The minimum absolute atomic E-state index is 0.327. The summed E-state index contributed by atoms with van der Waals surface area (Å²) in [5, 5.41) is 0. The van der Waals surface area contributed by atoms with Gasteiger partial charge in [-0.25, -0.2) is 0 Å². The van der Waals surface area contributed by atoms with E-state index < -0.39 is 0 Å². The molecule has 0 fully saturated rings. The molecule has 0 aliphatic rings. The van der Waals surface area contributed by atoms with E-state index in [1.165, 1.54) is 24.7 Å². The van der Waals surface area contributed by atoms with Crippen LogP contribution in [0.25, 0.3) is 5.70 Å². The van der Waals surface area contributed by atoms with Crippen LogP contribution in [0.15, 0.2) is 24.7 Å². The van der Waals surface area contributed by atoms with Gasteiger partial charge in [-0.3, -0.25) is 14.8 Å². The maximum atomic E-state index is 9.98. The second-order valence-electron chi connectivity index (χ2n) is 1.85. The van der Waals surface area contributed by atoms with Gasteiger partial charge in [0, 0.05) is 18.5 Å². The first-order chi connectivity index (χ1) is 5.34. The second-order valence-corrected chi connectivity index (χ2v) is 1.85. The van der Waals surface area contributed by atoms with Crippen molar-refractivity contribution in [3.63, 3.8) is 0 Å². The molecule has 0 aliphatic heterocycles. The highest BCUT2D eigenvalue weighted by atomic mass is 16.1. The molecule has 1 heterocycles. The van der Waals surface area contributed by atoms with Gasteiger partial charge in [-0.05, 0) is 0 Å². The van der Waals surface area contributed by atoms with Crippen LogP contribution in [0.5, 0.6) is 0 Å². The molecule has 0 aromatic carbocycles. The molecule has 4 nitrogen and oxygen atoms in total. The lowest BCUT2D eigenvalue weighted by Crippen LogP contribution is -1.99. The van der Waals surface area contributed by atoms with Crippen LogP contribution in [0, 0.1) is 0 Å². The fraction of sp³-hybridized carbons (Fsp3) is 0. The molecule has 4 heteroatoms. The van der Waals surface area contributed by atoms with E-state index in [0.29, 0.717) is 17.7 Å². The van der Waals surface area contributed by atoms with Crippen LogP contribution in [0.3, 0.4) is 0 Å². The first kappa shape index (κ1) is 7.40. The van der Waals surface area contributed by atoms with Gasteiger partial charge < -0.3 is 5.73 Å². The highest BCUT2D eigenvalue weighted by Crippen LogP contribution is 1.99. The van der Waals surface area contributed by atoms with Crippen LogP contribution < -0.4 is 5.73 Å². The summed E-state index contributed by atoms with van der Waals surface area (Å²) >= 11 is 0. The summed E-state index contributed by atoms with van der Waals surface area (Å²) in [5.74, 6) is 0. The Morgan fingerprint density at radius 2 is 2.36 bits per heavy atom. The molecule has 0 saturated heterocycles. The smallest absolute Gasteiger partial charge is 0.144 e. The van der Waals surface area contributed by atoms with Gasteiger partial charge in [0.25, 0.3) is 0 Å². The van der Waals surface area contributed by atoms with Gasteiger partial charge in [-0.15, -0.1) is 0 Å². The predicted octanol–water partition coefficient (Wildman–Crippen LogP) is -0.0249. The van der Waals surface area contributed by atoms with E-state index in [1.807, 2.05) is 0 Å². The Kier molecular flexibility index (Phi) is 2.32. The Morgan fingerprint density at radius 3 is 2.91 bits per heavy atom. The largest absolute Gasteiger partial charge is 0.397 e. The molecule has 11 heavy (non-hydrogen) atoms. The number of rotatable bonds is 2. The average Bonchev–Trinajstić information content (AvgIpc) is 2.07. The number of nitrogens with zero attached hydrogens (tertiary/aromatic N) is 2. The SMILES string of the molecule is N/C(=C\C=O)c1cnccn1. The van der Waals surface area contributed by atoms with Crippen molar-refractivity contribution in [3.05, 3.63) is 30.4 Å². The molecule has 0 unspecified atom stereocenters. The fourth-order valence-electron chi connectivity index (χ4n) is 0.607. The van der Waals surface area contributed by atoms with Crippen molar-refractivity contribution in [2.75, 3.05) is 0 Å². The highest BCUT2D eigenvalue weighted by molar-refractivity contribution is 5.78.